The van der Waals surface area contributed by atoms with Crippen LogP contribution in [0.1, 0.15) is 23.8 Å². The van der Waals surface area contributed by atoms with Crippen LogP contribution in [0.2, 0.25) is 0 Å². The molecule has 4 nitrogen and oxygen atoms in total. The van der Waals surface area contributed by atoms with Gasteiger partial charge in [-0.15, -0.1) is 11.8 Å². The van der Waals surface area contributed by atoms with Crippen molar-refractivity contribution in [2.45, 2.75) is 18.4 Å². The van der Waals surface area contributed by atoms with Crippen LogP contribution in [-0.4, -0.2) is 26.8 Å². The molecule has 1 rings (SSSR count). The summed E-state index contributed by atoms with van der Waals surface area (Å²) in [5, 5.41) is 9.31. The van der Waals surface area contributed by atoms with E-state index < -0.39 is 5.97 Å². The van der Waals surface area contributed by atoms with Gasteiger partial charge in [-0.2, -0.15) is 0 Å². The van der Waals surface area contributed by atoms with Gasteiger partial charge in [0.2, 0.25) is 0 Å². The number of carbonyl (C=O) groups is 1. The third kappa shape index (κ3) is 3.02. The molecule has 0 atom stereocenters. The average Bonchev–Trinajstić information content (AvgIpc) is 2.15. The fourth-order valence-corrected chi connectivity index (χ4v) is 1.38. The zero-order valence-electron chi connectivity index (χ0n) is 7.23. The summed E-state index contributed by atoms with van der Waals surface area (Å²) in [5.41, 5.74) is -0.0131. The lowest BCUT2D eigenvalue weighted by Crippen LogP contribution is -2.00. The maximum Gasteiger partial charge on any atom is 0.356 e. The molecule has 1 aromatic rings. The minimum absolute atomic E-state index is 0.0131. The molecule has 1 heterocycles. The van der Waals surface area contributed by atoms with Crippen molar-refractivity contribution in [3.05, 3.63) is 18.1 Å². The van der Waals surface area contributed by atoms with Gasteiger partial charge in [-0.1, -0.05) is 6.92 Å². The standard InChI is InChI=1S/C8H10N2O2S/c1-2-3-13-7-5-9-6(4-10-7)8(11)12/h4-5H,2-3H2,1H3,(H,11,12). The van der Waals surface area contributed by atoms with Crippen LogP contribution in [0.4, 0.5) is 0 Å². The topological polar surface area (TPSA) is 63.1 Å². The molecule has 0 unspecified atom stereocenters. The molecule has 1 N–H and O–H groups in total. The van der Waals surface area contributed by atoms with Gasteiger partial charge in [-0.05, 0) is 12.2 Å². The highest BCUT2D eigenvalue weighted by Crippen LogP contribution is 2.14. The van der Waals surface area contributed by atoms with Crippen LogP contribution in [0.3, 0.4) is 0 Å². The molecule has 13 heavy (non-hydrogen) atoms. The van der Waals surface area contributed by atoms with Crippen molar-refractivity contribution in [3.63, 3.8) is 0 Å². The van der Waals surface area contributed by atoms with E-state index >= 15 is 0 Å². The summed E-state index contributed by atoms with van der Waals surface area (Å²) >= 11 is 1.57. The summed E-state index contributed by atoms with van der Waals surface area (Å²) in [6.45, 7) is 2.08. The second-order valence-electron chi connectivity index (χ2n) is 2.39. The van der Waals surface area contributed by atoms with E-state index in [1.807, 2.05) is 0 Å². The highest BCUT2D eigenvalue weighted by atomic mass is 32.2. The Morgan fingerprint density at radius 2 is 2.31 bits per heavy atom. The maximum absolute atomic E-state index is 10.4. The Morgan fingerprint density at radius 3 is 2.77 bits per heavy atom. The van der Waals surface area contributed by atoms with E-state index in [4.69, 9.17) is 5.11 Å². The van der Waals surface area contributed by atoms with Crippen molar-refractivity contribution in [2.75, 3.05) is 5.75 Å². The minimum Gasteiger partial charge on any atom is -0.476 e. The lowest BCUT2D eigenvalue weighted by molar-refractivity contribution is 0.0689. The number of thioether (sulfide) groups is 1. The van der Waals surface area contributed by atoms with Crippen molar-refractivity contribution in [3.8, 4) is 0 Å². The lowest BCUT2D eigenvalue weighted by Gasteiger charge is -1.97. The second-order valence-corrected chi connectivity index (χ2v) is 3.51. The van der Waals surface area contributed by atoms with Crippen LogP contribution < -0.4 is 0 Å². The molecule has 0 aliphatic carbocycles. The molecule has 0 amide bonds. The smallest absolute Gasteiger partial charge is 0.356 e. The predicted octanol–water partition coefficient (Wildman–Crippen LogP) is 1.68. The first kappa shape index (κ1) is 9.98. The summed E-state index contributed by atoms with van der Waals surface area (Å²) in [7, 11) is 0. The van der Waals surface area contributed by atoms with Crippen molar-refractivity contribution in [1.29, 1.82) is 0 Å². The molecule has 0 saturated heterocycles. The van der Waals surface area contributed by atoms with Crippen molar-refractivity contribution < 1.29 is 9.90 Å². The first-order chi connectivity index (χ1) is 6.24. The highest BCUT2D eigenvalue weighted by Gasteiger charge is 2.04. The van der Waals surface area contributed by atoms with Crippen LogP contribution >= 0.6 is 11.8 Å². The van der Waals surface area contributed by atoms with Crippen molar-refractivity contribution in [1.82, 2.24) is 9.97 Å². The van der Waals surface area contributed by atoms with Crippen LogP contribution in [0.15, 0.2) is 17.4 Å². The first-order valence-electron chi connectivity index (χ1n) is 3.92. The number of hydrogen-bond acceptors (Lipinski definition) is 4. The van der Waals surface area contributed by atoms with Crippen molar-refractivity contribution >= 4 is 17.7 Å². The molecule has 1 aromatic heterocycles. The molecule has 0 aliphatic heterocycles. The van der Waals surface area contributed by atoms with Gasteiger partial charge in [-0.25, -0.2) is 14.8 Å². The van der Waals surface area contributed by atoms with Gasteiger partial charge in [0.05, 0.1) is 12.4 Å². The summed E-state index contributed by atoms with van der Waals surface area (Å²) in [5.74, 6) is -0.0688. The number of carboxylic acid groups (broad SMARTS) is 1. The van der Waals surface area contributed by atoms with Crippen LogP contribution in [0.25, 0.3) is 0 Å². The van der Waals surface area contributed by atoms with Crippen LogP contribution in [-0.2, 0) is 0 Å². The van der Waals surface area contributed by atoms with Gasteiger partial charge in [0.1, 0.15) is 5.03 Å². The Balaban J connectivity index is 2.64. The zero-order valence-corrected chi connectivity index (χ0v) is 8.04. The van der Waals surface area contributed by atoms with E-state index in [1.165, 1.54) is 12.4 Å². The number of hydrogen-bond donors (Lipinski definition) is 1. The minimum atomic E-state index is -1.04. The number of aromatic carboxylic acids is 1. The van der Waals surface area contributed by atoms with Crippen molar-refractivity contribution in [2.24, 2.45) is 0 Å². The molecule has 70 valence electrons. The number of nitrogens with zero attached hydrogens (tertiary/aromatic N) is 2. The van der Waals surface area contributed by atoms with Gasteiger partial charge >= 0.3 is 5.97 Å². The van der Waals surface area contributed by atoms with E-state index in [0.29, 0.717) is 0 Å². The average molecular weight is 198 g/mol. The molecule has 0 radical (unpaired) electrons. The normalized spacial score (nSPS) is 9.92. The molecule has 5 heteroatoms. The summed E-state index contributed by atoms with van der Waals surface area (Å²) in [6.07, 6.45) is 3.83. The number of carboxylic acids is 1. The van der Waals surface area contributed by atoms with E-state index in [-0.39, 0.29) is 5.69 Å². The lowest BCUT2D eigenvalue weighted by atomic mass is 10.5. The molecule has 0 aromatic carbocycles. The summed E-state index contributed by atoms with van der Waals surface area (Å²) in [6, 6.07) is 0. The zero-order chi connectivity index (χ0) is 9.68. The van der Waals surface area contributed by atoms with E-state index in [0.717, 1.165) is 17.2 Å². The summed E-state index contributed by atoms with van der Waals surface area (Å²) in [4.78, 5) is 18.1. The Hall–Kier alpha value is -1.10. The van der Waals surface area contributed by atoms with Crippen LogP contribution in [0.5, 0.6) is 0 Å². The monoisotopic (exact) mass is 198 g/mol. The van der Waals surface area contributed by atoms with Gasteiger partial charge in [0.25, 0.3) is 0 Å². The Bertz CT molecular complexity index is 287. The Morgan fingerprint density at radius 1 is 1.54 bits per heavy atom. The summed E-state index contributed by atoms with van der Waals surface area (Å²) < 4.78 is 0. The largest absolute Gasteiger partial charge is 0.476 e. The van der Waals surface area contributed by atoms with Gasteiger partial charge in [0, 0.05) is 0 Å². The van der Waals surface area contributed by atoms with Gasteiger partial charge < -0.3 is 5.11 Å². The molecule has 0 fully saturated rings. The predicted molar refractivity (Wildman–Crippen MR) is 50.0 cm³/mol. The number of rotatable bonds is 4. The molecule has 0 saturated carbocycles. The Labute approximate surface area is 80.4 Å². The third-order valence-corrected chi connectivity index (χ3v) is 2.42. The van der Waals surface area contributed by atoms with E-state index in [9.17, 15) is 4.79 Å². The van der Waals surface area contributed by atoms with E-state index in [2.05, 4.69) is 16.9 Å². The quantitative estimate of drug-likeness (QED) is 0.746. The third-order valence-electron chi connectivity index (χ3n) is 1.30. The molecular weight excluding hydrogens is 188 g/mol. The SMILES string of the molecule is CCCSc1cnc(C(=O)O)cn1. The van der Waals surface area contributed by atoms with E-state index in [1.54, 1.807) is 11.8 Å². The van der Waals surface area contributed by atoms with Gasteiger partial charge in [-0.3, -0.25) is 0 Å². The van der Waals surface area contributed by atoms with Gasteiger partial charge in [0.15, 0.2) is 5.69 Å². The molecule has 0 bridgehead atoms. The molecule has 0 spiro atoms. The van der Waals surface area contributed by atoms with Crippen LogP contribution in [0, 0.1) is 0 Å². The first-order valence-corrected chi connectivity index (χ1v) is 4.90. The molecular formula is C8H10N2O2S. The number of aromatic nitrogens is 2. The maximum atomic E-state index is 10.4. The fraction of sp³-hybridized carbons (Fsp3) is 0.375. The second kappa shape index (κ2) is 4.81. The molecule has 0 aliphatic rings. The highest BCUT2D eigenvalue weighted by molar-refractivity contribution is 7.99. The fourth-order valence-electron chi connectivity index (χ4n) is 0.708. The Kier molecular flexibility index (Phi) is 3.70.